The Morgan fingerprint density at radius 2 is 1.57 bits per heavy atom. The molecule has 0 bridgehead atoms. The first-order valence-corrected chi connectivity index (χ1v) is 31.4. The summed E-state index contributed by atoms with van der Waals surface area (Å²) in [5, 5.41) is 31.6. The standard InChI is InChI=1S/C62H84F2N12O11S/c1-40-55(88-39-68-40)42-10-8-41(9-11-42)34-67-59(80)52-32-46(77)37-75(52)60(81)56(62(2,3)4)70-54(79)16-24-85-26-28-87-30-29-86-27-25-84-23-15-53(78)66-17-20-73-36-44(35-69-73)47-31-43-7-6-18-74(51(43)33-48(47)57(63)64)58-49-38-72(61(82)65-5)19-12-50(49)76(71-58)45-13-21-83-22-14-45/h8-11,31,33,35-36,39,45-46,52,56-57,77H,6-7,12-30,32,34,37-38H2,1-5H3,(H,65,82)(H,66,78)(H,67,80)(H,70,79)/t46-,52+,56?/m1/s1. The number of urea groups is 1. The molecule has 0 saturated carbocycles. The van der Waals surface area contributed by atoms with Crippen LogP contribution >= 0.6 is 11.3 Å². The van der Waals surface area contributed by atoms with Gasteiger partial charge in [-0.1, -0.05) is 45.0 Å². The van der Waals surface area contributed by atoms with Crippen molar-refractivity contribution >= 4 is 52.5 Å². The highest BCUT2D eigenvalue weighted by molar-refractivity contribution is 7.13. The summed E-state index contributed by atoms with van der Waals surface area (Å²) < 4.78 is 61.8. The number of ether oxygens (including phenoxy) is 5. The van der Waals surface area contributed by atoms with Crippen LogP contribution in [0.3, 0.4) is 0 Å². The molecule has 0 radical (unpaired) electrons. The summed E-state index contributed by atoms with van der Waals surface area (Å²) in [4.78, 5) is 76.5. The molecule has 1 unspecified atom stereocenters. The number of anilines is 2. The molecule has 2 fully saturated rings. The van der Waals surface area contributed by atoms with E-state index in [0.29, 0.717) is 94.7 Å². The van der Waals surface area contributed by atoms with E-state index < -0.39 is 35.9 Å². The Bertz CT molecular complexity index is 3160. The number of aliphatic hydroxyl groups excluding tert-OH is 1. The molecule has 0 aliphatic carbocycles. The highest BCUT2D eigenvalue weighted by Crippen LogP contribution is 2.44. The quantitative estimate of drug-likeness (QED) is 0.0359. The van der Waals surface area contributed by atoms with E-state index in [1.165, 1.54) is 4.90 Å². The van der Waals surface area contributed by atoms with E-state index in [1.54, 1.807) is 51.9 Å². The van der Waals surface area contributed by atoms with Crippen LogP contribution in [0.15, 0.2) is 54.3 Å². The fourth-order valence-electron chi connectivity index (χ4n) is 11.6. The third-order valence-electron chi connectivity index (χ3n) is 16.3. The number of hydrogen-bond acceptors (Lipinski definition) is 16. The van der Waals surface area contributed by atoms with Crippen LogP contribution < -0.4 is 26.2 Å². The minimum atomic E-state index is -2.76. The van der Waals surface area contributed by atoms with Gasteiger partial charge in [0, 0.05) is 113 Å². The van der Waals surface area contributed by atoms with Crippen LogP contribution in [-0.4, -0.2) is 187 Å². The number of amides is 6. The average Bonchev–Trinajstić information content (AvgIpc) is 1.96. The number of aryl methyl sites for hydroxylation is 2. The van der Waals surface area contributed by atoms with E-state index in [4.69, 9.17) is 28.8 Å². The number of rotatable bonds is 28. The van der Waals surface area contributed by atoms with Crippen molar-refractivity contribution in [2.24, 2.45) is 5.41 Å². The average molecular weight is 1240 g/mol. The second-order valence-corrected chi connectivity index (χ2v) is 24.5. The maximum atomic E-state index is 15.0. The summed E-state index contributed by atoms with van der Waals surface area (Å²) in [6.45, 7) is 13.1. The number of nitrogens with one attached hydrogen (secondary N) is 4. The number of benzene rings is 2. The molecule has 5 aromatic rings. The van der Waals surface area contributed by atoms with Crippen LogP contribution in [0.5, 0.6) is 0 Å². The summed E-state index contributed by atoms with van der Waals surface area (Å²) in [7, 11) is 1.62. The molecule has 88 heavy (non-hydrogen) atoms. The summed E-state index contributed by atoms with van der Waals surface area (Å²) in [5.74, 6) is -0.709. The van der Waals surface area contributed by atoms with Crippen molar-refractivity contribution in [3.8, 4) is 21.6 Å². The highest BCUT2D eigenvalue weighted by Gasteiger charge is 2.45. The molecule has 478 valence electrons. The van der Waals surface area contributed by atoms with Gasteiger partial charge < -0.3 is 64.8 Å². The zero-order valence-corrected chi connectivity index (χ0v) is 51.8. The molecule has 23 nitrogen and oxygen atoms in total. The molecule has 3 aromatic heterocycles. The number of fused-ring (bicyclic) bond motifs is 2. The molecule has 7 heterocycles. The summed E-state index contributed by atoms with van der Waals surface area (Å²) >= 11 is 1.56. The Hall–Kier alpha value is -6.94. The number of aliphatic hydroxyl groups is 1. The predicted molar refractivity (Wildman–Crippen MR) is 325 cm³/mol. The van der Waals surface area contributed by atoms with Crippen LogP contribution in [0.25, 0.3) is 21.6 Å². The number of alkyl halides is 2. The van der Waals surface area contributed by atoms with Crippen LogP contribution in [0, 0.1) is 12.3 Å². The molecule has 5 N–H and O–H groups in total. The molecule has 4 aliphatic rings. The summed E-state index contributed by atoms with van der Waals surface area (Å²) in [6, 6.07) is 9.42. The first-order chi connectivity index (χ1) is 42.5. The van der Waals surface area contributed by atoms with E-state index in [-0.39, 0.29) is 107 Å². The molecular formula is C62H84F2N12O11S. The third-order valence-corrected chi connectivity index (χ3v) is 17.3. The molecule has 9 rings (SSSR count). The number of halogens is 2. The minimum Gasteiger partial charge on any atom is -0.391 e. The number of carbonyl (C=O) groups is 5. The molecule has 6 amide bonds. The first-order valence-electron chi connectivity index (χ1n) is 30.5. The monoisotopic (exact) mass is 1240 g/mol. The van der Waals surface area contributed by atoms with Crippen LogP contribution in [-0.2, 0) is 75.3 Å². The fraction of sp³-hybridized carbons (Fsp3) is 0.581. The van der Waals surface area contributed by atoms with Gasteiger partial charge in [-0.2, -0.15) is 10.2 Å². The zero-order chi connectivity index (χ0) is 62.3. The number of carbonyl (C=O) groups excluding carboxylic acids is 5. The van der Waals surface area contributed by atoms with Gasteiger partial charge in [-0.25, -0.2) is 18.6 Å². The number of hydrogen-bond donors (Lipinski definition) is 5. The van der Waals surface area contributed by atoms with E-state index in [1.807, 2.05) is 58.0 Å². The largest absolute Gasteiger partial charge is 0.391 e. The highest BCUT2D eigenvalue weighted by atomic mass is 32.1. The molecule has 2 saturated heterocycles. The van der Waals surface area contributed by atoms with Gasteiger partial charge in [-0.15, -0.1) is 11.3 Å². The van der Waals surface area contributed by atoms with Gasteiger partial charge in [0.2, 0.25) is 23.6 Å². The number of β-amino-alcohol motifs (C(OH)–C–C–N with tert-alkyl or cyclic N) is 1. The van der Waals surface area contributed by atoms with Crippen molar-refractivity contribution in [1.29, 1.82) is 0 Å². The Balaban J connectivity index is 0.624. The van der Waals surface area contributed by atoms with Gasteiger partial charge in [0.1, 0.15) is 12.1 Å². The summed E-state index contributed by atoms with van der Waals surface area (Å²) in [5.41, 5.74) is 8.50. The van der Waals surface area contributed by atoms with E-state index in [9.17, 15) is 29.1 Å². The lowest BCUT2D eigenvalue weighted by Gasteiger charge is -2.35. The van der Waals surface area contributed by atoms with Crippen molar-refractivity contribution < 1.29 is 61.5 Å². The third kappa shape index (κ3) is 16.9. The molecule has 2 aromatic carbocycles. The van der Waals surface area contributed by atoms with E-state index in [2.05, 4.69) is 40.9 Å². The fourth-order valence-corrected chi connectivity index (χ4v) is 12.4. The number of likely N-dealkylation sites (tertiary alicyclic amines) is 1. The lowest BCUT2D eigenvalue weighted by atomic mass is 9.85. The summed E-state index contributed by atoms with van der Waals surface area (Å²) in [6.07, 6.45) is 3.67. The second-order valence-electron chi connectivity index (χ2n) is 23.6. The smallest absolute Gasteiger partial charge is 0.317 e. The van der Waals surface area contributed by atoms with Crippen molar-refractivity contribution in [1.82, 2.24) is 55.6 Å². The van der Waals surface area contributed by atoms with Crippen LogP contribution in [0.2, 0.25) is 0 Å². The molecule has 0 spiro atoms. The normalized spacial score (nSPS) is 17.4. The van der Waals surface area contributed by atoms with Gasteiger partial charge >= 0.3 is 6.03 Å². The minimum absolute atomic E-state index is 0.00431. The molecule has 3 atom stereocenters. The lowest BCUT2D eigenvalue weighted by Crippen LogP contribution is -2.57. The topological polar surface area (TPSA) is 258 Å². The molecule has 4 aliphatic heterocycles. The van der Waals surface area contributed by atoms with Gasteiger partial charge in [0.25, 0.3) is 6.43 Å². The number of thiazole rings is 1. The van der Waals surface area contributed by atoms with Gasteiger partial charge in [0.15, 0.2) is 5.82 Å². The van der Waals surface area contributed by atoms with E-state index in [0.717, 1.165) is 57.8 Å². The second kappa shape index (κ2) is 31.0. The molecular weight excluding hydrogens is 1160 g/mol. The van der Waals surface area contributed by atoms with Gasteiger partial charge in [0.05, 0.1) is 100 Å². The Kier molecular flexibility index (Phi) is 23.1. The molecule has 26 heteroatoms. The van der Waals surface area contributed by atoms with Crippen molar-refractivity contribution in [2.75, 3.05) is 104 Å². The maximum Gasteiger partial charge on any atom is 0.317 e. The lowest BCUT2D eigenvalue weighted by molar-refractivity contribution is -0.144. The van der Waals surface area contributed by atoms with Crippen LogP contribution in [0.1, 0.15) is 105 Å². The van der Waals surface area contributed by atoms with E-state index >= 15 is 8.78 Å². The van der Waals surface area contributed by atoms with Crippen molar-refractivity contribution in [3.63, 3.8) is 0 Å². The van der Waals surface area contributed by atoms with Gasteiger partial charge in [-0.05, 0) is 72.4 Å². The number of aromatic nitrogens is 5. The Morgan fingerprint density at radius 3 is 2.23 bits per heavy atom. The zero-order valence-electron chi connectivity index (χ0n) is 51.0. The van der Waals surface area contributed by atoms with Crippen molar-refractivity contribution in [2.45, 2.75) is 129 Å². The number of nitrogens with zero attached hydrogens (tertiary/aromatic N) is 8. The first kappa shape index (κ1) is 65.5. The Labute approximate surface area is 516 Å². The maximum absolute atomic E-state index is 15.0. The van der Waals surface area contributed by atoms with Crippen LogP contribution in [0.4, 0.5) is 25.1 Å². The Morgan fingerprint density at radius 1 is 0.875 bits per heavy atom. The van der Waals surface area contributed by atoms with Gasteiger partial charge in [-0.3, -0.25) is 28.5 Å². The van der Waals surface area contributed by atoms with Crippen molar-refractivity contribution in [3.05, 3.63) is 87.9 Å². The SMILES string of the molecule is CNC(=O)N1CCc2c(c(N3CCCc4cc(-c5cnn(CCNC(=O)CCOCCOCCOCCOCCC(=O)NC(C(=O)N6C[C@H](O)C[C@H]6C(=O)NCc6ccc(-c7scnc7C)cc6)C(C)(C)C)c5)c(C(F)F)cc43)nn2C2CCOCC2)C1. The predicted octanol–water partition coefficient (Wildman–Crippen LogP) is 6.02.